The van der Waals surface area contributed by atoms with E-state index in [9.17, 15) is 9.18 Å². The number of ether oxygens (including phenoxy) is 1. The Labute approximate surface area is 165 Å². The summed E-state index contributed by atoms with van der Waals surface area (Å²) in [6, 6.07) is 6.77. The number of aromatic nitrogens is 4. The minimum Gasteiger partial charge on any atom is -0.480 e. The van der Waals surface area contributed by atoms with Crippen molar-refractivity contribution in [1.82, 2.24) is 19.9 Å². The number of pyridine rings is 3. The third kappa shape index (κ3) is 3.55. The molecule has 7 nitrogen and oxygen atoms in total. The zero-order valence-corrected chi connectivity index (χ0v) is 15.4. The summed E-state index contributed by atoms with van der Waals surface area (Å²) < 4.78 is 18.8. The van der Waals surface area contributed by atoms with Crippen LogP contribution < -0.4 is 10.1 Å². The SMILES string of the molecule is C=CC(=O)Nc1cc(-c2cnc3[nH]cc(-c4ccnc(F)c4)c3c2)cnc1OC. The van der Waals surface area contributed by atoms with E-state index in [1.54, 1.807) is 30.7 Å². The van der Waals surface area contributed by atoms with Crippen LogP contribution in [0, 0.1) is 5.95 Å². The van der Waals surface area contributed by atoms with Crippen LogP contribution in [0.1, 0.15) is 0 Å². The number of aromatic amines is 1. The summed E-state index contributed by atoms with van der Waals surface area (Å²) in [5, 5.41) is 3.50. The molecule has 0 aliphatic carbocycles. The van der Waals surface area contributed by atoms with Gasteiger partial charge in [-0.1, -0.05) is 6.58 Å². The van der Waals surface area contributed by atoms with Crippen LogP contribution in [0.5, 0.6) is 5.88 Å². The van der Waals surface area contributed by atoms with Crippen LogP contribution in [0.4, 0.5) is 10.1 Å². The Morgan fingerprint density at radius 1 is 1.17 bits per heavy atom. The molecule has 4 aromatic rings. The minimum absolute atomic E-state index is 0.285. The smallest absolute Gasteiger partial charge is 0.247 e. The Hall–Kier alpha value is -4.07. The van der Waals surface area contributed by atoms with Gasteiger partial charge in [0.05, 0.1) is 7.11 Å². The number of halogens is 1. The molecule has 0 unspecified atom stereocenters. The lowest BCUT2D eigenvalue weighted by Crippen LogP contribution is -2.09. The van der Waals surface area contributed by atoms with Crippen molar-refractivity contribution in [3.63, 3.8) is 0 Å². The van der Waals surface area contributed by atoms with Crippen molar-refractivity contribution in [3.05, 3.63) is 67.7 Å². The maximum atomic E-state index is 13.6. The molecule has 4 aromatic heterocycles. The largest absolute Gasteiger partial charge is 0.480 e. The van der Waals surface area contributed by atoms with Gasteiger partial charge in [0.1, 0.15) is 11.3 Å². The fourth-order valence-electron chi connectivity index (χ4n) is 3.02. The molecule has 29 heavy (non-hydrogen) atoms. The Kier molecular flexibility index (Phi) is 4.74. The average molecular weight is 389 g/mol. The lowest BCUT2D eigenvalue weighted by atomic mass is 10.0. The van der Waals surface area contributed by atoms with Crippen LogP contribution in [0.15, 0.2) is 61.7 Å². The average Bonchev–Trinajstić information content (AvgIpc) is 3.17. The second kappa shape index (κ2) is 7.51. The van der Waals surface area contributed by atoms with E-state index in [0.29, 0.717) is 16.9 Å². The van der Waals surface area contributed by atoms with E-state index in [1.807, 2.05) is 6.07 Å². The van der Waals surface area contributed by atoms with Crippen LogP contribution in [0.2, 0.25) is 0 Å². The molecule has 0 radical (unpaired) electrons. The van der Waals surface area contributed by atoms with E-state index in [1.165, 1.54) is 25.4 Å². The second-order valence-electron chi connectivity index (χ2n) is 6.16. The van der Waals surface area contributed by atoms with Crippen molar-refractivity contribution in [3.8, 4) is 28.1 Å². The third-order valence-corrected chi connectivity index (χ3v) is 4.39. The normalized spacial score (nSPS) is 10.7. The van der Waals surface area contributed by atoms with Gasteiger partial charge in [-0.05, 0) is 29.8 Å². The fraction of sp³-hybridized carbons (Fsp3) is 0.0476. The van der Waals surface area contributed by atoms with Gasteiger partial charge in [0, 0.05) is 52.9 Å². The van der Waals surface area contributed by atoms with Crippen molar-refractivity contribution in [2.75, 3.05) is 12.4 Å². The molecular weight excluding hydrogens is 373 g/mol. The predicted molar refractivity (Wildman–Crippen MR) is 108 cm³/mol. The van der Waals surface area contributed by atoms with Crippen molar-refractivity contribution in [1.29, 1.82) is 0 Å². The number of anilines is 1. The summed E-state index contributed by atoms with van der Waals surface area (Å²) in [6.45, 7) is 3.45. The quantitative estimate of drug-likeness (QED) is 0.398. The van der Waals surface area contributed by atoms with Crippen molar-refractivity contribution in [2.24, 2.45) is 0 Å². The highest BCUT2D eigenvalue weighted by molar-refractivity contribution is 6.00. The summed E-state index contributed by atoms with van der Waals surface area (Å²) in [5.74, 6) is -0.640. The highest BCUT2D eigenvalue weighted by Gasteiger charge is 2.13. The standard InChI is InChI=1S/C21H16FN5O2/c1-3-19(28)27-17-7-14(10-26-21(17)29-2)13-6-15-16(11-25-20(15)24-9-13)12-4-5-23-18(22)8-12/h3-11H,1H2,2H3,(H,24,25)(H,27,28). The number of fused-ring (bicyclic) bond motifs is 1. The first kappa shape index (κ1) is 18.3. The molecule has 4 rings (SSSR count). The molecule has 4 heterocycles. The maximum Gasteiger partial charge on any atom is 0.247 e. The van der Waals surface area contributed by atoms with E-state index < -0.39 is 5.95 Å². The summed E-state index contributed by atoms with van der Waals surface area (Å²) in [6.07, 6.45) is 7.68. The Bertz CT molecular complexity index is 1230. The first-order chi connectivity index (χ1) is 14.1. The molecular formula is C21H16FN5O2. The Morgan fingerprint density at radius 3 is 2.72 bits per heavy atom. The molecule has 1 amide bonds. The summed E-state index contributed by atoms with van der Waals surface area (Å²) in [4.78, 5) is 27.1. The zero-order chi connectivity index (χ0) is 20.4. The number of hydrogen-bond donors (Lipinski definition) is 2. The fourth-order valence-corrected chi connectivity index (χ4v) is 3.02. The van der Waals surface area contributed by atoms with Gasteiger partial charge in [-0.15, -0.1) is 0 Å². The number of methoxy groups -OCH3 is 1. The number of carbonyl (C=O) groups is 1. The van der Waals surface area contributed by atoms with E-state index in [4.69, 9.17) is 4.74 Å². The highest BCUT2D eigenvalue weighted by atomic mass is 19.1. The second-order valence-corrected chi connectivity index (χ2v) is 6.16. The zero-order valence-electron chi connectivity index (χ0n) is 15.4. The predicted octanol–water partition coefficient (Wildman–Crippen LogP) is 3.96. The summed E-state index contributed by atoms with van der Waals surface area (Å²) >= 11 is 0. The molecule has 144 valence electrons. The minimum atomic E-state index is -0.553. The molecule has 0 aliphatic rings. The molecule has 0 fully saturated rings. The van der Waals surface area contributed by atoms with Crippen molar-refractivity contribution < 1.29 is 13.9 Å². The topological polar surface area (TPSA) is 92.8 Å². The number of hydrogen-bond acceptors (Lipinski definition) is 5. The Morgan fingerprint density at radius 2 is 1.97 bits per heavy atom. The van der Waals surface area contributed by atoms with E-state index in [0.717, 1.165) is 22.1 Å². The van der Waals surface area contributed by atoms with Crippen molar-refractivity contribution >= 4 is 22.6 Å². The molecule has 0 spiro atoms. The van der Waals surface area contributed by atoms with Crippen LogP contribution in [-0.2, 0) is 4.79 Å². The molecule has 0 aromatic carbocycles. The van der Waals surface area contributed by atoms with E-state index in [-0.39, 0.29) is 11.8 Å². The monoisotopic (exact) mass is 389 g/mol. The Balaban J connectivity index is 1.80. The molecule has 0 saturated carbocycles. The lowest BCUT2D eigenvalue weighted by molar-refractivity contribution is -0.111. The van der Waals surface area contributed by atoms with Crippen LogP contribution >= 0.6 is 0 Å². The van der Waals surface area contributed by atoms with Gasteiger partial charge in [-0.25, -0.2) is 15.0 Å². The van der Waals surface area contributed by atoms with Gasteiger partial charge < -0.3 is 15.0 Å². The molecule has 0 aliphatic heterocycles. The number of rotatable bonds is 5. The van der Waals surface area contributed by atoms with Crippen LogP contribution in [0.3, 0.4) is 0 Å². The van der Waals surface area contributed by atoms with Crippen LogP contribution in [0.25, 0.3) is 33.3 Å². The number of nitrogens with zero attached hydrogens (tertiary/aromatic N) is 3. The number of H-pyrrole nitrogens is 1. The number of amides is 1. The van der Waals surface area contributed by atoms with Gasteiger partial charge in [0.15, 0.2) is 0 Å². The van der Waals surface area contributed by atoms with Gasteiger partial charge in [-0.3, -0.25) is 4.79 Å². The van der Waals surface area contributed by atoms with Gasteiger partial charge >= 0.3 is 0 Å². The van der Waals surface area contributed by atoms with E-state index >= 15 is 0 Å². The number of nitrogens with one attached hydrogen (secondary N) is 2. The van der Waals surface area contributed by atoms with Gasteiger partial charge in [0.25, 0.3) is 0 Å². The molecule has 0 atom stereocenters. The van der Waals surface area contributed by atoms with Crippen molar-refractivity contribution in [2.45, 2.75) is 0 Å². The van der Waals surface area contributed by atoms with Gasteiger partial charge in [-0.2, -0.15) is 4.39 Å². The van der Waals surface area contributed by atoms with Gasteiger partial charge in [0.2, 0.25) is 17.7 Å². The molecule has 0 saturated heterocycles. The number of carbonyl (C=O) groups excluding carboxylic acids is 1. The molecule has 0 bridgehead atoms. The molecule has 2 N–H and O–H groups in total. The highest BCUT2D eigenvalue weighted by Crippen LogP contribution is 2.33. The first-order valence-electron chi connectivity index (χ1n) is 8.66. The maximum absolute atomic E-state index is 13.6. The first-order valence-corrected chi connectivity index (χ1v) is 8.66. The summed E-state index contributed by atoms with van der Waals surface area (Å²) in [5.41, 5.74) is 4.08. The lowest BCUT2D eigenvalue weighted by Gasteiger charge is -2.10. The molecule has 8 heteroatoms. The van der Waals surface area contributed by atoms with E-state index in [2.05, 4.69) is 31.8 Å². The third-order valence-electron chi connectivity index (χ3n) is 4.39. The summed E-state index contributed by atoms with van der Waals surface area (Å²) in [7, 11) is 1.47. The van der Waals surface area contributed by atoms with Crippen LogP contribution in [-0.4, -0.2) is 33.0 Å².